The van der Waals surface area contributed by atoms with Crippen LogP contribution in [0.25, 0.3) is 0 Å². The van der Waals surface area contributed by atoms with Gasteiger partial charge in [0.05, 0.1) is 16.3 Å². The molecule has 3 rings (SSSR count). The van der Waals surface area contributed by atoms with Gasteiger partial charge in [-0.2, -0.15) is 0 Å². The second-order valence-electron chi connectivity index (χ2n) is 4.75. The summed E-state index contributed by atoms with van der Waals surface area (Å²) in [5.74, 6) is -0.438. The molecule has 6 nitrogen and oxygen atoms in total. The molecular formula is C12H12N2O4S3. The van der Waals surface area contributed by atoms with Crippen molar-refractivity contribution in [1.82, 2.24) is 4.98 Å². The van der Waals surface area contributed by atoms with Gasteiger partial charge >= 0.3 is 0 Å². The molecule has 0 fully saturated rings. The number of aryl methyl sites for hydroxylation is 1. The summed E-state index contributed by atoms with van der Waals surface area (Å²) in [5, 5.41) is 0.856. The van der Waals surface area contributed by atoms with Gasteiger partial charge in [0, 0.05) is 5.38 Å². The van der Waals surface area contributed by atoms with E-state index < -0.39 is 30.9 Å². The van der Waals surface area contributed by atoms with E-state index in [1.165, 1.54) is 23.5 Å². The lowest BCUT2D eigenvalue weighted by atomic mass is 10.2. The highest BCUT2D eigenvalue weighted by molar-refractivity contribution is 7.97. The Kier molecular flexibility index (Phi) is 3.30. The van der Waals surface area contributed by atoms with Crippen LogP contribution in [0.5, 0.6) is 0 Å². The Morgan fingerprint density at radius 1 is 1.33 bits per heavy atom. The second-order valence-corrected chi connectivity index (χ2v) is 9.47. The Morgan fingerprint density at radius 2 is 2.05 bits per heavy atom. The van der Waals surface area contributed by atoms with Gasteiger partial charge in [-0.3, -0.25) is 4.72 Å². The molecule has 1 aromatic carbocycles. The maximum absolute atomic E-state index is 12.5. The van der Waals surface area contributed by atoms with E-state index in [1.807, 2.05) is 0 Å². The van der Waals surface area contributed by atoms with Crippen molar-refractivity contribution < 1.29 is 16.8 Å². The molecule has 1 aliphatic rings. The van der Waals surface area contributed by atoms with Gasteiger partial charge in [0.2, 0.25) is 10.0 Å². The van der Waals surface area contributed by atoms with Crippen LogP contribution in [0.4, 0.5) is 5.13 Å². The largest absolute Gasteiger partial charge is 0.258 e. The lowest BCUT2D eigenvalue weighted by Gasteiger charge is -2.11. The summed E-state index contributed by atoms with van der Waals surface area (Å²) < 4.78 is 51.4. The van der Waals surface area contributed by atoms with Crippen LogP contribution >= 0.6 is 11.3 Å². The summed E-state index contributed by atoms with van der Waals surface area (Å²) in [6.45, 7) is 1.75. The number of nitrogens with zero attached hydrogens (tertiary/aromatic N) is 1. The highest BCUT2D eigenvalue weighted by atomic mass is 32.2. The quantitative estimate of drug-likeness (QED) is 0.915. The average Bonchev–Trinajstić information content (AvgIpc) is 2.92. The number of sulfone groups is 1. The Hall–Kier alpha value is -1.45. The zero-order valence-corrected chi connectivity index (χ0v) is 13.4. The Balaban J connectivity index is 2.01. The highest BCUT2D eigenvalue weighted by Crippen LogP contribution is 2.38. The van der Waals surface area contributed by atoms with Gasteiger partial charge in [-0.1, -0.05) is 18.2 Å². The summed E-state index contributed by atoms with van der Waals surface area (Å²) in [6, 6.07) is 6.20. The fraction of sp³-hybridized carbons (Fsp3) is 0.250. The molecule has 2 heterocycles. The number of aromatic nitrogens is 1. The van der Waals surface area contributed by atoms with E-state index in [9.17, 15) is 16.8 Å². The van der Waals surface area contributed by atoms with Crippen molar-refractivity contribution in [3.05, 3.63) is 40.9 Å². The molecule has 1 aliphatic heterocycles. The number of fused-ring (bicyclic) bond motifs is 1. The molecule has 1 unspecified atom stereocenters. The molecule has 9 heteroatoms. The lowest BCUT2D eigenvalue weighted by Crippen LogP contribution is -2.22. The minimum absolute atomic E-state index is 0.0932. The van der Waals surface area contributed by atoms with Crippen LogP contribution in [0.3, 0.4) is 0 Å². The van der Waals surface area contributed by atoms with Crippen molar-refractivity contribution in [3.63, 3.8) is 0 Å². The van der Waals surface area contributed by atoms with E-state index >= 15 is 0 Å². The zero-order valence-electron chi connectivity index (χ0n) is 11.0. The highest BCUT2D eigenvalue weighted by Gasteiger charge is 2.42. The van der Waals surface area contributed by atoms with Crippen LogP contribution in [-0.2, 0) is 19.9 Å². The minimum Gasteiger partial charge on any atom is -0.258 e. The SMILES string of the molecule is Cc1csc(NS(=O)(=O)C2CS(=O)(=O)c3ccccc32)n1. The summed E-state index contributed by atoms with van der Waals surface area (Å²) in [6.07, 6.45) is 0. The van der Waals surface area contributed by atoms with Gasteiger partial charge in [-0.15, -0.1) is 11.3 Å². The molecule has 0 saturated carbocycles. The third-order valence-electron chi connectivity index (χ3n) is 3.19. The van der Waals surface area contributed by atoms with E-state index in [4.69, 9.17) is 0 Å². The molecule has 1 aromatic heterocycles. The van der Waals surface area contributed by atoms with Crippen molar-refractivity contribution in [2.75, 3.05) is 10.5 Å². The molecule has 112 valence electrons. The van der Waals surface area contributed by atoms with Crippen molar-refractivity contribution >= 4 is 36.3 Å². The normalized spacial score (nSPS) is 20.1. The fourth-order valence-corrected chi connectivity index (χ4v) is 7.24. The van der Waals surface area contributed by atoms with Gasteiger partial charge in [0.15, 0.2) is 15.0 Å². The summed E-state index contributed by atoms with van der Waals surface area (Å²) in [7, 11) is -7.43. The summed E-state index contributed by atoms with van der Waals surface area (Å²) in [5.41, 5.74) is 1.02. The number of hydrogen-bond donors (Lipinski definition) is 1. The minimum atomic E-state index is -3.87. The number of thiazole rings is 1. The summed E-state index contributed by atoms with van der Waals surface area (Å²) >= 11 is 1.17. The first-order chi connectivity index (χ1) is 9.79. The molecular weight excluding hydrogens is 332 g/mol. The van der Waals surface area contributed by atoms with Gasteiger partial charge in [-0.05, 0) is 18.6 Å². The smallest absolute Gasteiger partial charge is 0.242 e. The number of anilines is 1. The number of hydrogen-bond acceptors (Lipinski definition) is 6. The first-order valence-electron chi connectivity index (χ1n) is 6.05. The van der Waals surface area contributed by atoms with Crippen molar-refractivity contribution in [2.24, 2.45) is 0 Å². The maximum atomic E-state index is 12.5. The standard InChI is InChI=1S/C12H12N2O4S3/c1-8-6-19-12(13-8)14-21(17,18)11-7-20(15,16)10-5-3-2-4-9(10)11/h2-6,11H,7H2,1H3,(H,13,14). The number of rotatable bonds is 3. The Morgan fingerprint density at radius 3 is 2.71 bits per heavy atom. The number of benzene rings is 1. The second kappa shape index (κ2) is 4.79. The predicted molar refractivity (Wildman–Crippen MR) is 80.6 cm³/mol. The lowest BCUT2D eigenvalue weighted by molar-refractivity contribution is 0.586. The molecule has 2 aromatic rings. The molecule has 0 amide bonds. The Bertz CT molecular complexity index is 900. The van der Waals surface area contributed by atoms with Gasteiger partial charge in [-0.25, -0.2) is 21.8 Å². The van der Waals surface area contributed by atoms with Gasteiger partial charge in [0.1, 0.15) is 5.25 Å². The molecule has 21 heavy (non-hydrogen) atoms. The Labute approximate surface area is 126 Å². The molecule has 1 atom stereocenters. The van der Waals surface area contributed by atoms with Crippen molar-refractivity contribution in [3.8, 4) is 0 Å². The monoisotopic (exact) mass is 344 g/mol. The van der Waals surface area contributed by atoms with Crippen molar-refractivity contribution in [1.29, 1.82) is 0 Å². The topological polar surface area (TPSA) is 93.2 Å². The van der Waals surface area contributed by atoms with E-state index in [1.54, 1.807) is 24.4 Å². The zero-order chi connectivity index (χ0) is 15.3. The average molecular weight is 344 g/mol. The molecule has 0 aliphatic carbocycles. The third kappa shape index (κ3) is 2.56. The summed E-state index contributed by atoms with van der Waals surface area (Å²) in [4.78, 5) is 4.13. The van der Waals surface area contributed by atoms with Gasteiger partial charge in [0.25, 0.3) is 0 Å². The van der Waals surface area contributed by atoms with Crippen molar-refractivity contribution in [2.45, 2.75) is 17.1 Å². The molecule has 0 saturated heterocycles. The fourth-order valence-electron chi connectivity index (χ4n) is 2.26. The van der Waals surface area contributed by atoms with Crippen LogP contribution in [0.1, 0.15) is 16.5 Å². The van der Waals surface area contributed by atoms with Crippen LogP contribution in [0.2, 0.25) is 0 Å². The van der Waals surface area contributed by atoms with E-state index in [0.29, 0.717) is 11.3 Å². The van der Waals surface area contributed by atoms with E-state index in [2.05, 4.69) is 9.71 Å². The van der Waals surface area contributed by atoms with E-state index in [0.717, 1.165) is 0 Å². The van der Waals surface area contributed by atoms with Crippen LogP contribution in [-0.4, -0.2) is 27.6 Å². The maximum Gasteiger partial charge on any atom is 0.242 e. The molecule has 0 radical (unpaired) electrons. The van der Waals surface area contributed by atoms with Gasteiger partial charge < -0.3 is 0 Å². The molecule has 0 bridgehead atoms. The van der Waals surface area contributed by atoms with Crippen LogP contribution in [0, 0.1) is 6.92 Å². The van der Waals surface area contributed by atoms with Crippen LogP contribution in [0.15, 0.2) is 34.5 Å². The number of sulfonamides is 1. The number of nitrogens with one attached hydrogen (secondary N) is 1. The van der Waals surface area contributed by atoms with Crippen LogP contribution < -0.4 is 4.72 Å². The molecule has 0 spiro atoms. The predicted octanol–water partition coefficient (Wildman–Crippen LogP) is 1.72. The molecule has 1 N–H and O–H groups in total. The van der Waals surface area contributed by atoms with E-state index in [-0.39, 0.29) is 10.0 Å². The third-order valence-corrected chi connectivity index (χ3v) is 7.87. The first kappa shape index (κ1) is 14.5. The first-order valence-corrected chi connectivity index (χ1v) is 10.1.